The molecule has 12 heteroatoms. The molecule has 1 aliphatic rings. The summed E-state index contributed by atoms with van der Waals surface area (Å²) < 4.78 is 13.8. The molecule has 1 atom stereocenters. The molecule has 1 fully saturated rings. The van der Waals surface area contributed by atoms with Crippen molar-refractivity contribution in [2.75, 3.05) is 25.0 Å². The lowest BCUT2D eigenvalue weighted by molar-refractivity contribution is -0.124. The van der Waals surface area contributed by atoms with Gasteiger partial charge in [-0.3, -0.25) is 15.0 Å². The van der Waals surface area contributed by atoms with Crippen LogP contribution in [0.25, 0.3) is 6.08 Å². The maximum Gasteiger partial charge on any atom is 0.267 e. The van der Waals surface area contributed by atoms with Crippen LogP contribution >= 0.6 is 49.6 Å². The SMILES string of the molecule is Cl.Cl.Cl.Cl.O=C(C=Cc1cnc(N[C@@H]2CCCN(CCc3ccccc3F)C2)cn1)NO. The van der Waals surface area contributed by atoms with Crippen LogP contribution in [0.5, 0.6) is 0 Å². The second kappa shape index (κ2) is 16.9. The number of amides is 1. The molecule has 3 N–H and O–H groups in total. The van der Waals surface area contributed by atoms with Gasteiger partial charge in [-0.25, -0.2) is 14.9 Å². The van der Waals surface area contributed by atoms with Gasteiger partial charge in [0.1, 0.15) is 11.6 Å². The average molecular weight is 531 g/mol. The molecule has 1 aliphatic heterocycles. The van der Waals surface area contributed by atoms with Crippen LogP contribution < -0.4 is 10.8 Å². The molecule has 3 rings (SSSR count). The molecule has 0 aliphatic carbocycles. The van der Waals surface area contributed by atoms with E-state index in [9.17, 15) is 9.18 Å². The van der Waals surface area contributed by atoms with E-state index < -0.39 is 5.91 Å². The van der Waals surface area contributed by atoms with Crippen LogP contribution in [0, 0.1) is 5.82 Å². The quantitative estimate of drug-likeness (QED) is 0.285. The van der Waals surface area contributed by atoms with E-state index in [1.165, 1.54) is 23.7 Å². The van der Waals surface area contributed by atoms with Gasteiger partial charge >= 0.3 is 0 Å². The number of piperidine rings is 1. The predicted molar refractivity (Wildman–Crippen MR) is 133 cm³/mol. The molecule has 1 amide bonds. The summed E-state index contributed by atoms with van der Waals surface area (Å²) in [7, 11) is 0. The summed E-state index contributed by atoms with van der Waals surface area (Å²) in [6, 6.07) is 7.18. The molecule has 1 saturated heterocycles. The zero-order valence-electron chi connectivity index (χ0n) is 17.1. The lowest BCUT2D eigenvalue weighted by atomic mass is 10.0. The zero-order chi connectivity index (χ0) is 19.8. The standard InChI is InChI=1S/C20H24FN5O2.4ClH/c21-18-6-2-1-4-15(18)9-11-26-10-3-5-17(14-26)24-19-13-22-16(12-23-19)7-8-20(27)25-28;;;;/h1-2,4,6-8,12-13,17,28H,3,5,9-11,14H2,(H,23,24)(H,25,27);4*1H/t17-;;;;/m1..../s1. The lowest BCUT2D eigenvalue weighted by Gasteiger charge is -2.33. The second-order valence-corrected chi connectivity index (χ2v) is 6.76. The van der Waals surface area contributed by atoms with Crippen LogP contribution in [-0.4, -0.2) is 51.7 Å². The molecule has 0 unspecified atom stereocenters. The fourth-order valence-electron chi connectivity index (χ4n) is 3.26. The van der Waals surface area contributed by atoms with Gasteiger partial charge in [-0.1, -0.05) is 18.2 Å². The van der Waals surface area contributed by atoms with Crippen LogP contribution in [0.2, 0.25) is 0 Å². The summed E-state index contributed by atoms with van der Waals surface area (Å²) >= 11 is 0. The molecule has 0 spiro atoms. The van der Waals surface area contributed by atoms with E-state index in [0.29, 0.717) is 17.9 Å². The van der Waals surface area contributed by atoms with Crippen molar-refractivity contribution >= 4 is 67.4 Å². The molecule has 0 bridgehead atoms. The van der Waals surface area contributed by atoms with E-state index in [2.05, 4.69) is 20.2 Å². The highest BCUT2D eigenvalue weighted by Crippen LogP contribution is 2.16. The predicted octanol–water partition coefficient (Wildman–Crippen LogP) is 3.94. The molecular weight excluding hydrogens is 503 g/mol. The Labute approximate surface area is 211 Å². The van der Waals surface area contributed by atoms with E-state index in [-0.39, 0.29) is 61.5 Å². The molecule has 1 aromatic carbocycles. The molecule has 0 saturated carbocycles. The minimum atomic E-state index is -0.623. The largest absolute Gasteiger partial charge is 0.365 e. The average Bonchev–Trinajstić information content (AvgIpc) is 2.73. The number of hydrogen-bond acceptors (Lipinski definition) is 6. The molecule has 1 aromatic heterocycles. The van der Waals surface area contributed by atoms with Gasteiger partial charge in [0, 0.05) is 25.2 Å². The van der Waals surface area contributed by atoms with Gasteiger partial charge < -0.3 is 10.2 Å². The topological polar surface area (TPSA) is 90.4 Å². The van der Waals surface area contributed by atoms with Gasteiger partial charge in [-0.15, -0.1) is 49.6 Å². The third-order valence-electron chi connectivity index (χ3n) is 4.70. The van der Waals surface area contributed by atoms with Crippen LogP contribution in [0.3, 0.4) is 0 Å². The Kier molecular flexibility index (Phi) is 17.1. The first-order chi connectivity index (χ1) is 13.6. The number of benzene rings is 1. The maximum absolute atomic E-state index is 13.8. The number of carbonyl (C=O) groups excluding carboxylic acids is 1. The Morgan fingerprint density at radius 3 is 2.59 bits per heavy atom. The fourth-order valence-corrected chi connectivity index (χ4v) is 3.26. The van der Waals surface area contributed by atoms with Crippen LogP contribution in [0.4, 0.5) is 10.2 Å². The highest BCUT2D eigenvalue weighted by Gasteiger charge is 2.20. The van der Waals surface area contributed by atoms with Crippen molar-refractivity contribution in [2.24, 2.45) is 0 Å². The molecule has 180 valence electrons. The van der Waals surface area contributed by atoms with E-state index in [4.69, 9.17) is 5.21 Å². The molecule has 2 heterocycles. The number of aromatic nitrogens is 2. The van der Waals surface area contributed by atoms with Crippen molar-refractivity contribution < 1.29 is 14.4 Å². The Morgan fingerprint density at radius 1 is 1.19 bits per heavy atom. The van der Waals surface area contributed by atoms with Crippen molar-refractivity contribution in [1.82, 2.24) is 20.3 Å². The van der Waals surface area contributed by atoms with E-state index >= 15 is 0 Å². The van der Waals surface area contributed by atoms with Crippen LogP contribution in [-0.2, 0) is 11.2 Å². The Hall–Kier alpha value is -1.68. The van der Waals surface area contributed by atoms with Gasteiger partial charge in [0.2, 0.25) is 0 Å². The lowest BCUT2D eigenvalue weighted by Crippen LogP contribution is -2.43. The first-order valence-electron chi connectivity index (χ1n) is 9.30. The van der Waals surface area contributed by atoms with Gasteiger partial charge in [0.05, 0.1) is 18.1 Å². The van der Waals surface area contributed by atoms with Crippen LogP contribution in [0.1, 0.15) is 24.1 Å². The van der Waals surface area contributed by atoms with Gasteiger partial charge in [0.25, 0.3) is 5.91 Å². The number of hydroxylamine groups is 1. The highest BCUT2D eigenvalue weighted by atomic mass is 35.5. The maximum atomic E-state index is 13.8. The first kappa shape index (κ1) is 32.5. The first-order valence-corrected chi connectivity index (χ1v) is 9.30. The second-order valence-electron chi connectivity index (χ2n) is 6.76. The summed E-state index contributed by atoms with van der Waals surface area (Å²) in [5.74, 6) is -0.0959. The Morgan fingerprint density at radius 2 is 1.94 bits per heavy atom. The zero-order valence-corrected chi connectivity index (χ0v) is 20.4. The smallest absolute Gasteiger partial charge is 0.267 e. The van der Waals surface area contributed by atoms with Crippen LogP contribution in [0.15, 0.2) is 42.7 Å². The minimum Gasteiger partial charge on any atom is -0.365 e. The number of nitrogens with one attached hydrogen (secondary N) is 2. The minimum absolute atomic E-state index is 0. The third kappa shape index (κ3) is 10.3. The number of carbonyl (C=O) groups is 1. The van der Waals surface area contributed by atoms with Crippen molar-refractivity contribution in [3.8, 4) is 0 Å². The molecule has 2 aromatic rings. The van der Waals surface area contributed by atoms with E-state index in [1.807, 2.05) is 12.1 Å². The summed E-state index contributed by atoms with van der Waals surface area (Å²) in [5.41, 5.74) is 2.79. The number of halogens is 5. The molecule has 0 radical (unpaired) electrons. The van der Waals surface area contributed by atoms with E-state index in [0.717, 1.165) is 38.0 Å². The normalized spacial score (nSPS) is 15.4. The Balaban J connectivity index is 0. The van der Waals surface area contributed by atoms with Gasteiger partial charge in [0.15, 0.2) is 0 Å². The monoisotopic (exact) mass is 529 g/mol. The number of rotatable bonds is 7. The third-order valence-corrected chi connectivity index (χ3v) is 4.70. The van der Waals surface area contributed by atoms with E-state index in [1.54, 1.807) is 18.5 Å². The van der Waals surface area contributed by atoms with Gasteiger partial charge in [-0.05, 0) is 43.5 Å². The Bertz CT molecular complexity index is 830. The number of hydrogen-bond donors (Lipinski definition) is 3. The molecule has 32 heavy (non-hydrogen) atoms. The number of likely N-dealkylation sites (tertiary alicyclic amines) is 1. The van der Waals surface area contributed by atoms with Crippen molar-refractivity contribution in [3.63, 3.8) is 0 Å². The summed E-state index contributed by atoms with van der Waals surface area (Å²) in [6.07, 6.45) is 8.62. The van der Waals surface area contributed by atoms with Crippen molar-refractivity contribution in [1.29, 1.82) is 0 Å². The number of nitrogens with zero attached hydrogens (tertiary/aromatic N) is 3. The van der Waals surface area contributed by atoms with Crippen molar-refractivity contribution in [2.45, 2.75) is 25.3 Å². The highest BCUT2D eigenvalue weighted by molar-refractivity contribution is 5.90. The molecule has 7 nitrogen and oxygen atoms in total. The number of anilines is 1. The van der Waals surface area contributed by atoms with Crippen molar-refractivity contribution in [3.05, 3.63) is 59.8 Å². The van der Waals surface area contributed by atoms with Gasteiger partial charge in [-0.2, -0.15) is 0 Å². The summed E-state index contributed by atoms with van der Waals surface area (Å²) in [5, 5.41) is 11.8. The summed E-state index contributed by atoms with van der Waals surface area (Å²) in [6.45, 7) is 2.70. The molecular formula is C20H28Cl4FN5O2. The summed E-state index contributed by atoms with van der Waals surface area (Å²) in [4.78, 5) is 21.9. The fraction of sp³-hybridized carbons (Fsp3) is 0.350.